The van der Waals surface area contributed by atoms with E-state index < -0.39 is 40.4 Å². The lowest BCUT2D eigenvalue weighted by Gasteiger charge is -2.30. The van der Waals surface area contributed by atoms with Crippen LogP contribution in [0.3, 0.4) is 0 Å². The number of carbonyl (C=O) groups is 1. The van der Waals surface area contributed by atoms with Gasteiger partial charge in [0.25, 0.3) is 0 Å². The molecular formula is C16H16F6N2O. The van der Waals surface area contributed by atoms with Crippen molar-refractivity contribution in [1.29, 1.82) is 5.41 Å². The molecule has 0 saturated heterocycles. The van der Waals surface area contributed by atoms with Crippen LogP contribution < -0.4 is 0 Å². The SMILES string of the molecule is C=C(C=N)N(C)C(=O)C(C)(C)c1cc(C(F)(F)F)cc(C(F)(F)F)c1. The number of benzene rings is 1. The average Bonchev–Trinajstić information content (AvgIpc) is 2.50. The van der Waals surface area contributed by atoms with Crippen LogP contribution in [0.15, 0.2) is 30.5 Å². The van der Waals surface area contributed by atoms with Crippen molar-refractivity contribution < 1.29 is 31.1 Å². The van der Waals surface area contributed by atoms with Crippen molar-refractivity contribution in [2.45, 2.75) is 31.6 Å². The zero-order valence-corrected chi connectivity index (χ0v) is 13.6. The molecule has 1 aromatic carbocycles. The lowest BCUT2D eigenvalue weighted by Crippen LogP contribution is -2.41. The summed E-state index contributed by atoms with van der Waals surface area (Å²) in [5.41, 5.74) is -5.19. The van der Waals surface area contributed by atoms with Crippen molar-refractivity contribution in [2.75, 3.05) is 7.05 Å². The number of halogens is 6. The molecule has 0 fully saturated rings. The topological polar surface area (TPSA) is 44.2 Å². The van der Waals surface area contributed by atoms with Gasteiger partial charge in [-0.1, -0.05) is 6.58 Å². The molecule has 0 saturated carbocycles. The molecule has 0 bridgehead atoms. The fraction of sp³-hybridized carbons (Fsp3) is 0.375. The third-order valence-corrected chi connectivity index (χ3v) is 3.75. The van der Waals surface area contributed by atoms with E-state index in [1.807, 2.05) is 0 Å². The standard InChI is InChI=1S/C16H16F6N2O/c1-9(8-23)24(4)13(25)14(2,3)10-5-11(15(17,18)19)7-12(6-10)16(20,21)22/h5-8,23H,1H2,2-4H3. The number of nitrogens with one attached hydrogen (secondary N) is 1. The van der Waals surface area contributed by atoms with Gasteiger partial charge < -0.3 is 10.3 Å². The van der Waals surface area contributed by atoms with Crippen LogP contribution in [-0.4, -0.2) is 24.1 Å². The van der Waals surface area contributed by atoms with E-state index in [2.05, 4.69) is 6.58 Å². The van der Waals surface area contributed by atoms with Gasteiger partial charge >= 0.3 is 12.4 Å². The molecule has 0 aliphatic heterocycles. The van der Waals surface area contributed by atoms with Crippen molar-refractivity contribution >= 4 is 12.1 Å². The first-order valence-electron chi connectivity index (χ1n) is 6.90. The van der Waals surface area contributed by atoms with Gasteiger partial charge in [0.05, 0.1) is 22.2 Å². The summed E-state index contributed by atoms with van der Waals surface area (Å²) >= 11 is 0. The highest BCUT2D eigenvalue weighted by molar-refractivity contribution is 5.92. The molecule has 0 aromatic heterocycles. The minimum absolute atomic E-state index is 0.00425. The number of allylic oxidation sites excluding steroid dienone is 1. The Morgan fingerprint density at radius 1 is 1.00 bits per heavy atom. The van der Waals surface area contributed by atoms with Crippen LogP contribution in [0.25, 0.3) is 0 Å². The lowest BCUT2D eigenvalue weighted by molar-refractivity contribution is -0.143. The molecule has 1 rings (SSSR count). The quantitative estimate of drug-likeness (QED) is 0.613. The fourth-order valence-electron chi connectivity index (χ4n) is 2.09. The van der Waals surface area contributed by atoms with Gasteiger partial charge in [0.1, 0.15) is 0 Å². The first-order chi connectivity index (χ1) is 11.1. The Bertz CT molecular complexity index is 671. The maximum absolute atomic E-state index is 13.0. The van der Waals surface area contributed by atoms with Crippen molar-refractivity contribution in [3.8, 4) is 0 Å². The number of amides is 1. The molecule has 1 amide bonds. The summed E-state index contributed by atoms with van der Waals surface area (Å²) in [5, 5.41) is 7.06. The molecule has 25 heavy (non-hydrogen) atoms. The highest BCUT2D eigenvalue weighted by atomic mass is 19.4. The Balaban J connectivity index is 3.56. The van der Waals surface area contributed by atoms with E-state index in [0.717, 1.165) is 11.1 Å². The second-order valence-electron chi connectivity index (χ2n) is 5.92. The maximum atomic E-state index is 13.0. The van der Waals surface area contributed by atoms with E-state index in [-0.39, 0.29) is 11.8 Å². The minimum atomic E-state index is -5.00. The molecule has 0 aliphatic rings. The Morgan fingerprint density at radius 3 is 1.68 bits per heavy atom. The second kappa shape index (κ2) is 6.53. The van der Waals surface area contributed by atoms with E-state index in [0.29, 0.717) is 12.1 Å². The van der Waals surface area contributed by atoms with Crippen LogP contribution in [0.4, 0.5) is 26.3 Å². The zero-order valence-electron chi connectivity index (χ0n) is 13.6. The molecule has 1 N–H and O–H groups in total. The van der Waals surface area contributed by atoms with Crippen LogP contribution in [-0.2, 0) is 22.6 Å². The molecule has 0 radical (unpaired) electrons. The summed E-state index contributed by atoms with van der Waals surface area (Å²) in [6, 6.07) is 1.05. The number of alkyl halides is 6. The van der Waals surface area contributed by atoms with E-state index >= 15 is 0 Å². The number of likely N-dealkylation sites (N-methyl/N-ethyl adjacent to an activating group) is 1. The van der Waals surface area contributed by atoms with Crippen LogP contribution >= 0.6 is 0 Å². The van der Waals surface area contributed by atoms with Gasteiger partial charge in [-0.15, -0.1) is 0 Å². The summed E-state index contributed by atoms with van der Waals surface area (Å²) in [6.07, 6.45) is -9.25. The van der Waals surface area contributed by atoms with Crippen LogP contribution in [0.2, 0.25) is 0 Å². The Hall–Kier alpha value is -2.32. The summed E-state index contributed by atoms with van der Waals surface area (Å²) in [4.78, 5) is 13.4. The molecular weight excluding hydrogens is 350 g/mol. The monoisotopic (exact) mass is 366 g/mol. The zero-order chi connectivity index (χ0) is 19.8. The minimum Gasteiger partial charge on any atom is -0.314 e. The van der Waals surface area contributed by atoms with Gasteiger partial charge in [0, 0.05) is 13.3 Å². The number of rotatable bonds is 4. The summed E-state index contributed by atoms with van der Waals surface area (Å²) in [6.45, 7) is 5.83. The molecule has 0 spiro atoms. The fourth-order valence-corrected chi connectivity index (χ4v) is 2.09. The van der Waals surface area contributed by atoms with Crippen molar-refractivity contribution in [3.63, 3.8) is 0 Å². The highest BCUT2D eigenvalue weighted by Gasteiger charge is 2.41. The van der Waals surface area contributed by atoms with Crippen LogP contribution in [0.1, 0.15) is 30.5 Å². The van der Waals surface area contributed by atoms with Gasteiger partial charge in [-0.3, -0.25) is 4.79 Å². The van der Waals surface area contributed by atoms with Crippen LogP contribution in [0.5, 0.6) is 0 Å². The molecule has 138 valence electrons. The predicted octanol–water partition coefficient (Wildman–Crippen LogP) is 4.62. The van der Waals surface area contributed by atoms with Crippen LogP contribution in [0, 0.1) is 5.41 Å². The molecule has 3 nitrogen and oxygen atoms in total. The number of hydrogen-bond acceptors (Lipinski definition) is 2. The maximum Gasteiger partial charge on any atom is 0.416 e. The van der Waals surface area contributed by atoms with Gasteiger partial charge in [-0.2, -0.15) is 26.3 Å². The molecule has 9 heteroatoms. The summed E-state index contributed by atoms with van der Waals surface area (Å²) in [5.74, 6) is -0.798. The normalized spacial score (nSPS) is 12.7. The van der Waals surface area contributed by atoms with Gasteiger partial charge in [0.15, 0.2) is 0 Å². The first kappa shape index (κ1) is 20.7. The van der Waals surface area contributed by atoms with Gasteiger partial charge in [0.2, 0.25) is 5.91 Å². The predicted molar refractivity (Wildman–Crippen MR) is 80.2 cm³/mol. The van der Waals surface area contributed by atoms with Crippen molar-refractivity contribution in [1.82, 2.24) is 4.90 Å². The van der Waals surface area contributed by atoms with E-state index in [1.54, 1.807) is 0 Å². The van der Waals surface area contributed by atoms with E-state index in [1.165, 1.54) is 20.9 Å². The van der Waals surface area contributed by atoms with Crippen molar-refractivity contribution in [3.05, 3.63) is 47.2 Å². The van der Waals surface area contributed by atoms with Crippen molar-refractivity contribution in [2.24, 2.45) is 0 Å². The third-order valence-electron chi connectivity index (χ3n) is 3.75. The number of hydrogen-bond donors (Lipinski definition) is 1. The summed E-state index contributed by atoms with van der Waals surface area (Å²) < 4.78 is 77.8. The number of carbonyl (C=O) groups excluding carboxylic acids is 1. The molecule has 0 aliphatic carbocycles. The van der Waals surface area contributed by atoms with E-state index in [9.17, 15) is 31.1 Å². The number of nitrogens with zero attached hydrogens (tertiary/aromatic N) is 1. The first-order valence-corrected chi connectivity index (χ1v) is 6.90. The van der Waals surface area contributed by atoms with Gasteiger partial charge in [-0.05, 0) is 37.6 Å². The highest BCUT2D eigenvalue weighted by Crippen LogP contribution is 2.39. The smallest absolute Gasteiger partial charge is 0.314 e. The largest absolute Gasteiger partial charge is 0.416 e. The van der Waals surface area contributed by atoms with Gasteiger partial charge in [-0.25, -0.2) is 0 Å². The van der Waals surface area contributed by atoms with E-state index in [4.69, 9.17) is 5.41 Å². The second-order valence-corrected chi connectivity index (χ2v) is 5.92. The Labute approximate surface area is 140 Å². The molecule has 0 heterocycles. The molecule has 1 aromatic rings. The summed E-state index contributed by atoms with van der Waals surface area (Å²) in [7, 11) is 1.23. The average molecular weight is 366 g/mol. The lowest BCUT2D eigenvalue weighted by atomic mass is 9.81. The molecule has 0 atom stereocenters. The third kappa shape index (κ3) is 4.40. The molecule has 0 unspecified atom stereocenters. The Morgan fingerprint density at radius 2 is 1.36 bits per heavy atom. The Kier molecular flexibility index (Phi) is 5.41.